The molecule has 3 aromatic heterocycles. The van der Waals surface area contributed by atoms with Gasteiger partial charge in [0.15, 0.2) is 0 Å². The van der Waals surface area contributed by atoms with Crippen molar-refractivity contribution in [1.29, 1.82) is 0 Å². The zero-order valence-corrected chi connectivity index (χ0v) is 12.7. The first-order valence-electron chi connectivity index (χ1n) is 6.61. The van der Waals surface area contributed by atoms with Gasteiger partial charge in [-0.2, -0.15) is 0 Å². The highest BCUT2D eigenvalue weighted by atomic mass is 16.5. The topological polar surface area (TPSA) is 73.6 Å². The van der Waals surface area contributed by atoms with Gasteiger partial charge in [-0.1, -0.05) is 0 Å². The molecule has 0 aliphatic carbocycles. The Hall–Kier alpha value is -2.41. The van der Waals surface area contributed by atoms with Gasteiger partial charge in [-0.3, -0.25) is 0 Å². The smallest absolute Gasteiger partial charge is 0.123 e. The molecular formula is C14H22N6O. The Morgan fingerprint density at radius 1 is 1.10 bits per heavy atom. The number of hydrogen-bond acceptors (Lipinski definition) is 4. The summed E-state index contributed by atoms with van der Waals surface area (Å²) in [6.45, 7) is 5.65. The summed E-state index contributed by atoms with van der Waals surface area (Å²) in [6, 6.07) is 0. The molecule has 1 N–H and O–H groups in total. The molecule has 0 amide bonds. The number of nitrogens with zero attached hydrogens (tertiary/aromatic N) is 5. The molecule has 21 heavy (non-hydrogen) atoms. The van der Waals surface area contributed by atoms with Crippen LogP contribution in [0.2, 0.25) is 0 Å². The molecule has 0 aliphatic heterocycles. The predicted octanol–water partition coefficient (Wildman–Crippen LogP) is 2.11. The maximum absolute atomic E-state index is 4.81. The molecule has 7 heteroatoms. The summed E-state index contributed by atoms with van der Waals surface area (Å²) in [6.07, 6.45) is 14.3. The molecule has 0 fully saturated rings. The minimum atomic E-state index is 0.583. The quantitative estimate of drug-likeness (QED) is 0.801. The van der Waals surface area contributed by atoms with Crippen LogP contribution in [0.1, 0.15) is 12.6 Å². The van der Waals surface area contributed by atoms with Crippen LogP contribution in [-0.4, -0.2) is 36.2 Å². The first-order valence-corrected chi connectivity index (χ1v) is 6.61. The van der Waals surface area contributed by atoms with E-state index in [-0.39, 0.29) is 0 Å². The number of nitrogens with one attached hydrogen (secondary N) is 1. The van der Waals surface area contributed by atoms with E-state index in [0.717, 1.165) is 12.2 Å². The van der Waals surface area contributed by atoms with Gasteiger partial charge in [0.2, 0.25) is 0 Å². The monoisotopic (exact) mass is 290 g/mol. The number of hydrogen-bond donors (Lipinski definition) is 1. The number of ether oxygens (including phenoxy) is 1. The Kier molecular flexibility index (Phi) is 8.23. The lowest BCUT2D eigenvalue weighted by molar-refractivity contribution is 0.131. The number of aryl methyl sites for hydroxylation is 2. The Balaban J connectivity index is 0.000000159. The lowest BCUT2D eigenvalue weighted by atomic mass is 10.6. The van der Waals surface area contributed by atoms with Crippen molar-refractivity contribution < 1.29 is 4.74 Å². The van der Waals surface area contributed by atoms with Crippen LogP contribution >= 0.6 is 0 Å². The Bertz CT molecular complexity index is 530. The van der Waals surface area contributed by atoms with E-state index in [1.165, 1.54) is 0 Å². The van der Waals surface area contributed by atoms with Crippen LogP contribution in [0.15, 0.2) is 50.0 Å². The molecule has 0 saturated carbocycles. The van der Waals surface area contributed by atoms with Crippen LogP contribution in [0.4, 0.5) is 0 Å². The second kappa shape index (κ2) is 10.4. The molecule has 3 aromatic rings. The van der Waals surface area contributed by atoms with Gasteiger partial charge in [-0.05, 0) is 13.8 Å². The number of imidazole rings is 3. The van der Waals surface area contributed by atoms with Crippen molar-refractivity contribution in [3.05, 3.63) is 55.7 Å². The van der Waals surface area contributed by atoms with Crippen molar-refractivity contribution in [2.75, 3.05) is 7.11 Å². The second-order valence-electron chi connectivity index (χ2n) is 4.12. The fraction of sp³-hybridized carbons (Fsp3) is 0.357. The molecule has 0 aromatic carbocycles. The average Bonchev–Trinajstić information content (AvgIpc) is 3.23. The van der Waals surface area contributed by atoms with Crippen LogP contribution in [0.3, 0.4) is 0 Å². The number of aromatic amines is 1. The molecule has 0 spiro atoms. The minimum Gasteiger partial charge on any atom is -0.364 e. The summed E-state index contributed by atoms with van der Waals surface area (Å²) >= 11 is 0. The van der Waals surface area contributed by atoms with Crippen molar-refractivity contribution in [1.82, 2.24) is 29.1 Å². The summed E-state index contributed by atoms with van der Waals surface area (Å²) in [5.74, 6) is 0. The largest absolute Gasteiger partial charge is 0.364 e. The van der Waals surface area contributed by atoms with Gasteiger partial charge in [-0.15, -0.1) is 0 Å². The highest BCUT2D eigenvalue weighted by Gasteiger charge is 1.81. The fourth-order valence-electron chi connectivity index (χ4n) is 1.31. The first kappa shape index (κ1) is 16.6. The number of aromatic nitrogens is 6. The van der Waals surface area contributed by atoms with Gasteiger partial charge in [0.05, 0.1) is 19.0 Å². The van der Waals surface area contributed by atoms with E-state index in [9.17, 15) is 0 Å². The number of rotatable bonds is 3. The third kappa shape index (κ3) is 7.68. The van der Waals surface area contributed by atoms with Crippen LogP contribution in [0, 0.1) is 6.92 Å². The lowest BCUT2D eigenvalue weighted by Crippen LogP contribution is -1.94. The summed E-state index contributed by atoms with van der Waals surface area (Å²) in [5, 5.41) is 0. The SMILES string of the molecule is CCn1ccnc1.COCn1ccnc1.Cc1cnc[nH]1. The molecule has 3 rings (SSSR count). The van der Waals surface area contributed by atoms with Crippen LogP contribution < -0.4 is 0 Å². The summed E-state index contributed by atoms with van der Waals surface area (Å²) in [7, 11) is 1.65. The number of H-pyrrole nitrogens is 1. The normalized spacial score (nSPS) is 9.29. The zero-order chi connectivity index (χ0) is 15.3. The van der Waals surface area contributed by atoms with E-state index in [1.54, 1.807) is 44.7 Å². The van der Waals surface area contributed by atoms with Gasteiger partial charge in [-0.25, -0.2) is 15.0 Å². The summed E-state index contributed by atoms with van der Waals surface area (Å²) in [5.41, 5.74) is 1.11. The highest BCUT2D eigenvalue weighted by molar-refractivity contribution is 4.87. The maximum atomic E-state index is 4.81. The highest BCUT2D eigenvalue weighted by Crippen LogP contribution is 1.83. The van der Waals surface area contributed by atoms with Crippen LogP contribution in [-0.2, 0) is 18.0 Å². The Morgan fingerprint density at radius 2 is 1.76 bits per heavy atom. The van der Waals surface area contributed by atoms with Gasteiger partial charge in [0, 0.05) is 50.3 Å². The van der Waals surface area contributed by atoms with Crippen LogP contribution in [0.25, 0.3) is 0 Å². The first-order chi connectivity index (χ1) is 10.3. The molecular weight excluding hydrogens is 268 g/mol. The fourth-order valence-corrected chi connectivity index (χ4v) is 1.31. The van der Waals surface area contributed by atoms with Gasteiger partial charge in [0.1, 0.15) is 6.73 Å². The summed E-state index contributed by atoms with van der Waals surface area (Å²) in [4.78, 5) is 14.3. The molecule has 114 valence electrons. The zero-order valence-electron chi connectivity index (χ0n) is 12.7. The molecule has 0 saturated heterocycles. The van der Waals surface area contributed by atoms with E-state index in [1.807, 2.05) is 28.5 Å². The Morgan fingerprint density at radius 3 is 2.05 bits per heavy atom. The van der Waals surface area contributed by atoms with Gasteiger partial charge < -0.3 is 18.9 Å². The van der Waals surface area contributed by atoms with Gasteiger partial charge in [0.25, 0.3) is 0 Å². The van der Waals surface area contributed by atoms with Crippen molar-refractivity contribution in [3.63, 3.8) is 0 Å². The third-order valence-corrected chi connectivity index (χ3v) is 2.40. The van der Waals surface area contributed by atoms with E-state index >= 15 is 0 Å². The average molecular weight is 290 g/mol. The van der Waals surface area contributed by atoms with Crippen molar-refractivity contribution in [2.45, 2.75) is 27.1 Å². The van der Waals surface area contributed by atoms with Gasteiger partial charge >= 0.3 is 0 Å². The Labute approximate surface area is 124 Å². The third-order valence-electron chi connectivity index (χ3n) is 2.40. The van der Waals surface area contributed by atoms with E-state index < -0.39 is 0 Å². The van der Waals surface area contributed by atoms with Crippen molar-refractivity contribution >= 4 is 0 Å². The molecule has 0 radical (unpaired) electrons. The van der Waals surface area contributed by atoms with E-state index in [4.69, 9.17) is 4.74 Å². The molecule has 7 nitrogen and oxygen atoms in total. The lowest BCUT2D eigenvalue weighted by Gasteiger charge is -1.95. The maximum Gasteiger partial charge on any atom is 0.123 e. The van der Waals surface area contributed by atoms with E-state index in [2.05, 4.69) is 26.9 Å². The molecule has 0 atom stereocenters. The molecule has 0 bridgehead atoms. The number of methoxy groups -OCH3 is 1. The van der Waals surface area contributed by atoms with Crippen LogP contribution in [0.5, 0.6) is 0 Å². The van der Waals surface area contributed by atoms with E-state index in [0.29, 0.717) is 6.73 Å². The summed E-state index contributed by atoms with van der Waals surface area (Å²) < 4.78 is 8.67. The van der Waals surface area contributed by atoms with Crippen molar-refractivity contribution in [2.24, 2.45) is 0 Å². The standard InChI is InChI=1S/C5H8N2O.C5H8N2.C4H6N2/c1-8-5-7-3-2-6-4-7;1-2-7-4-3-6-5-7;1-4-2-5-3-6-4/h2-4H,5H2,1H3;3-5H,2H2,1H3;2-3H,1H3,(H,5,6). The molecule has 3 heterocycles. The second-order valence-corrected chi connectivity index (χ2v) is 4.12. The van der Waals surface area contributed by atoms with Crippen molar-refractivity contribution in [3.8, 4) is 0 Å². The predicted molar refractivity (Wildman–Crippen MR) is 80.5 cm³/mol. The molecule has 0 aliphatic rings. The molecule has 0 unspecified atom stereocenters. The minimum absolute atomic E-state index is 0.583.